The van der Waals surface area contributed by atoms with E-state index in [9.17, 15) is 0 Å². The Labute approximate surface area is 65.7 Å². The molecule has 1 saturated heterocycles. The van der Waals surface area contributed by atoms with E-state index in [0.717, 1.165) is 0 Å². The Morgan fingerprint density at radius 3 is 2.00 bits per heavy atom. The first-order chi connectivity index (χ1) is 3.70. The standard InChI is InChI=1S/C4H8Br2N2/c1-2-3(5)8-4(6)7-2/h2-4,7-8H,1H3. The molecule has 0 amide bonds. The molecule has 0 spiro atoms. The molecule has 1 aliphatic rings. The molecule has 1 rings (SSSR count). The van der Waals surface area contributed by atoms with E-state index in [4.69, 9.17) is 0 Å². The van der Waals surface area contributed by atoms with Crippen LogP contribution in [0.15, 0.2) is 0 Å². The van der Waals surface area contributed by atoms with Crippen LogP contribution in [0.5, 0.6) is 0 Å². The van der Waals surface area contributed by atoms with E-state index in [-0.39, 0.29) is 5.08 Å². The summed E-state index contributed by atoms with van der Waals surface area (Å²) in [6.07, 6.45) is 0. The first-order valence-corrected chi connectivity index (χ1v) is 4.33. The summed E-state index contributed by atoms with van der Waals surface area (Å²) in [5, 5.41) is 6.68. The molecule has 4 heteroatoms. The van der Waals surface area contributed by atoms with Crippen LogP contribution in [0.4, 0.5) is 0 Å². The van der Waals surface area contributed by atoms with Crippen LogP contribution in [-0.4, -0.2) is 16.1 Å². The summed E-state index contributed by atoms with van der Waals surface area (Å²) >= 11 is 6.81. The Balaban J connectivity index is 2.39. The molecule has 0 bridgehead atoms. The average molecular weight is 244 g/mol. The lowest BCUT2D eigenvalue weighted by atomic mass is 10.4. The lowest BCUT2D eigenvalue weighted by molar-refractivity contribution is 0.667. The van der Waals surface area contributed by atoms with Gasteiger partial charge in [-0.2, -0.15) is 0 Å². The third-order valence-corrected chi connectivity index (χ3v) is 2.74. The van der Waals surface area contributed by atoms with Gasteiger partial charge in [0.2, 0.25) is 0 Å². The van der Waals surface area contributed by atoms with E-state index in [1.54, 1.807) is 0 Å². The molecule has 0 aromatic rings. The van der Waals surface area contributed by atoms with Gasteiger partial charge < -0.3 is 0 Å². The van der Waals surface area contributed by atoms with Crippen LogP contribution >= 0.6 is 31.9 Å². The molecule has 2 N–H and O–H groups in total. The van der Waals surface area contributed by atoms with Crippen molar-refractivity contribution in [2.75, 3.05) is 0 Å². The molecule has 0 aromatic carbocycles. The lowest BCUT2D eigenvalue weighted by Crippen LogP contribution is -2.25. The number of rotatable bonds is 0. The first-order valence-electron chi connectivity index (χ1n) is 2.50. The molecule has 0 saturated carbocycles. The molecule has 3 atom stereocenters. The molecule has 0 aliphatic carbocycles. The zero-order chi connectivity index (χ0) is 6.15. The van der Waals surface area contributed by atoms with Crippen LogP contribution in [0.25, 0.3) is 0 Å². The second kappa shape index (κ2) is 2.64. The van der Waals surface area contributed by atoms with Crippen LogP contribution in [0.2, 0.25) is 0 Å². The van der Waals surface area contributed by atoms with Crippen molar-refractivity contribution in [3.8, 4) is 0 Å². The fourth-order valence-corrected chi connectivity index (χ4v) is 2.12. The summed E-state index contributed by atoms with van der Waals surface area (Å²) in [5.74, 6) is 0. The molecule has 8 heavy (non-hydrogen) atoms. The molecular formula is C4H8Br2N2. The number of hydrogen-bond donors (Lipinski definition) is 2. The van der Waals surface area contributed by atoms with Crippen molar-refractivity contribution in [3.63, 3.8) is 0 Å². The van der Waals surface area contributed by atoms with Gasteiger partial charge in [0.05, 0.1) is 4.95 Å². The minimum atomic E-state index is 0.266. The highest BCUT2D eigenvalue weighted by Gasteiger charge is 2.24. The van der Waals surface area contributed by atoms with E-state index in [1.165, 1.54) is 0 Å². The second-order valence-corrected chi connectivity index (χ2v) is 3.79. The van der Waals surface area contributed by atoms with Crippen molar-refractivity contribution in [2.45, 2.75) is 23.0 Å². The second-order valence-electron chi connectivity index (χ2n) is 1.89. The Hall–Kier alpha value is 0.880. The van der Waals surface area contributed by atoms with Crippen molar-refractivity contribution in [3.05, 3.63) is 0 Å². The van der Waals surface area contributed by atoms with Gasteiger partial charge in [-0.15, -0.1) is 0 Å². The minimum absolute atomic E-state index is 0.266. The maximum Gasteiger partial charge on any atom is 0.116 e. The van der Waals surface area contributed by atoms with Crippen molar-refractivity contribution < 1.29 is 0 Å². The molecule has 0 aromatic heterocycles. The van der Waals surface area contributed by atoms with E-state index in [1.807, 2.05) is 0 Å². The average Bonchev–Trinajstić information content (AvgIpc) is 1.85. The van der Waals surface area contributed by atoms with E-state index in [0.29, 0.717) is 11.0 Å². The fraction of sp³-hybridized carbons (Fsp3) is 1.00. The van der Waals surface area contributed by atoms with Crippen LogP contribution in [0.1, 0.15) is 6.92 Å². The SMILES string of the molecule is CC1NC(Br)NC1Br. The summed E-state index contributed by atoms with van der Waals surface area (Å²) in [4.78, 5) is 0.395. The maximum absolute atomic E-state index is 3.44. The highest BCUT2D eigenvalue weighted by molar-refractivity contribution is 9.10. The summed E-state index contributed by atoms with van der Waals surface area (Å²) in [5.41, 5.74) is 0. The van der Waals surface area contributed by atoms with Gasteiger partial charge in [-0.1, -0.05) is 31.9 Å². The normalized spacial score (nSPS) is 47.6. The largest absolute Gasteiger partial charge is 0.288 e. The minimum Gasteiger partial charge on any atom is -0.288 e. The Bertz CT molecular complexity index is 78.1. The van der Waals surface area contributed by atoms with Gasteiger partial charge in [-0.3, -0.25) is 10.6 Å². The summed E-state index contributed by atoms with van der Waals surface area (Å²) < 4.78 is 0. The number of hydrogen-bond acceptors (Lipinski definition) is 2. The van der Waals surface area contributed by atoms with Crippen LogP contribution in [0, 0.1) is 0 Å². The molecule has 1 fully saturated rings. The van der Waals surface area contributed by atoms with Gasteiger partial charge >= 0.3 is 0 Å². The molecule has 3 unspecified atom stereocenters. The summed E-state index contributed by atoms with van der Waals surface area (Å²) in [6.45, 7) is 2.12. The van der Waals surface area contributed by atoms with E-state index in [2.05, 4.69) is 49.4 Å². The lowest BCUT2D eigenvalue weighted by Gasteiger charge is -2.03. The van der Waals surface area contributed by atoms with Gasteiger partial charge in [-0.05, 0) is 6.92 Å². The van der Waals surface area contributed by atoms with Gasteiger partial charge in [0, 0.05) is 6.04 Å². The summed E-state index contributed by atoms with van der Waals surface area (Å²) in [6, 6.07) is 0.499. The zero-order valence-corrected chi connectivity index (χ0v) is 7.66. The topological polar surface area (TPSA) is 24.1 Å². The highest BCUT2D eigenvalue weighted by atomic mass is 79.9. The Morgan fingerprint density at radius 2 is 1.88 bits per heavy atom. The van der Waals surface area contributed by atoms with Crippen LogP contribution in [-0.2, 0) is 0 Å². The van der Waals surface area contributed by atoms with E-state index < -0.39 is 0 Å². The Kier molecular flexibility index (Phi) is 2.31. The monoisotopic (exact) mass is 242 g/mol. The number of nitrogens with one attached hydrogen (secondary N) is 2. The fourth-order valence-electron chi connectivity index (χ4n) is 0.648. The zero-order valence-electron chi connectivity index (χ0n) is 4.49. The third-order valence-electron chi connectivity index (χ3n) is 1.15. The first kappa shape index (κ1) is 6.99. The number of halogens is 2. The van der Waals surface area contributed by atoms with Crippen molar-refractivity contribution in [1.82, 2.24) is 10.6 Å². The van der Waals surface area contributed by atoms with E-state index >= 15 is 0 Å². The molecule has 48 valence electrons. The predicted molar refractivity (Wildman–Crippen MR) is 41.2 cm³/mol. The number of alkyl halides is 2. The predicted octanol–water partition coefficient (Wildman–Crippen LogP) is 0.967. The Morgan fingerprint density at radius 1 is 1.25 bits per heavy atom. The molecule has 0 radical (unpaired) electrons. The molecule has 2 nitrogen and oxygen atoms in total. The van der Waals surface area contributed by atoms with Gasteiger partial charge in [0.15, 0.2) is 0 Å². The van der Waals surface area contributed by atoms with Crippen molar-refractivity contribution >= 4 is 31.9 Å². The third kappa shape index (κ3) is 1.43. The molecule has 1 aliphatic heterocycles. The maximum atomic E-state index is 3.44. The molecular weight excluding hydrogens is 236 g/mol. The van der Waals surface area contributed by atoms with Gasteiger partial charge in [0.25, 0.3) is 0 Å². The molecule has 1 heterocycles. The van der Waals surface area contributed by atoms with Crippen LogP contribution < -0.4 is 10.6 Å². The van der Waals surface area contributed by atoms with Crippen molar-refractivity contribution in [2.24, 2.45) is 0 Å². The van der Waals surface area contributed by atoms with Crippen LogP contribution in [0.3, 0.4) is 0 Å². The smallest absolute Gasteiger partial charge is 0.116 e. The highest BCUT2D eigenvalue weighted by Crippen LogP contribution is 2.12. The summed E-state index contributed by atoms with van der Waals surface area (Å²) in [7, 11) is 0. The quantitative estimate of drug-likeness (QED) is 0.490. The van der Waals surface area contributed by atoms with Gasteiger partial charge in [-0.25, -0.2) is 0 Å². The van der Waals surface area contributed by atoms with Crippen molar-refractivity contribution in [1.29, 1.82) is 0 Å². The van der Waals surface area contributed by atoms with Gasteiger partial charge in [0.1, 0.15) is 5.08 Å².